The molecule has 0 aliphatic heterocycles. The van der Waals surface area contributed by atoms with Gasteiger partial charge in [0.05, 0.1) is 15.4 Å². The molecular weight excluding hydrogens is 439 g/mol. The molecule has 0 nitrogen and oxygen atoms in total. The molecule has 0 spiro atoms. The highest BCUT2D eigenvalue weighted by Gasteiger charge is 2.86. The Morgan fingerprint density at radius 1 is 0.842 bits per heavy atom. The SMILES string of the molecule is ClC1=C(Cl)[C@]2(Cl)[C@@H]3CC(Cl)(Cl)[C@@H](Cl)[C@@H]3[C@@]1(Cl)C2(Cl)Cl. The average molecular weight is 444 g/mol. The Balaban J connectivity index is 2.27. The second-order valence-corrected chi connectivity index (χ2v) is 10.4. The molecule has 0 aromatic rings. The van der Waals surface area contributed by atoms with Crippen molar-refractivity contribution in [3.63, 3.8) is 0 Å². The molecule has 0 N–H and O–H groups in total. The van der Waals surface area contributed by atoms with Crippen LogP contribution in [0.15, 0.2) is 10.1 Å². The lowest BCUT2D eigenvalue weighted by molar-refractivity contribution is 0.385. The summed E-state index contributed by atoms with van der Waals surface area (Å²) in [6, 6.07) is 0. The summed E-state index contributed by atoms with van der Waals surface area (Å²) >= 11 is 57.3. The number of alkyl halides is 7. The first-order valence-electron chi connectivity index (χ1n) is 5.27. The Hall–Kier alpha value is 2.35. The predicted molar refractivity (Wildman–Crippen MR) is 86.0 cm³/mol. The van der Waals surface area contributed by atoms with Crippen molar-refractivity contribution < 1.29 is 0 Å². The molecule has 3 aliphatic carbocycles. The fourth-order valence-electron chi connectivity index (χ4n) is 3.48. The van der Waals surface area contributed by atoms with Crippen LogP contribution in [-0.4, -0.2) is 23.8 Å². The maximum absolute atomic E-state index is 6.62. The highest BCUT2D eigenvalue weighted by molar-refractivity contribution is 6.66. The highest BCUT2D eigenvalue weighted by atomic mass is 35.5. The maximum atomic E-state index is 6.62. The Kier molecular flexibility index (Phi) is 3.63. The zero-order valence-corrected chi connectivity index (χ0v) is 15.6. The van der Waals surface area contributed by atoms with Crippen molar-refractivity contribution in [1.82, 2.24) is 0 Å². The van der Waals surface area contributed by atoms with Crippen molar-refractivity contribution in [3.05, 3.63) is 10.1 Å². The Morgan fingerprint density at radius 2 is 1.32 bits per heavy atom. The number of allylic oxidation sites excluding steroid dienone is 2. The molecule has 2 saturated carbocycles. The predicted octanol–water partition coefficient (Wildman–Crippen LogP) is 6.25. The fraction of sp³-hybridized carbons (Fsp3) is 0.800. The molecule has 9 heteroatoms. The Labute approximate surface area is 155 Å². The van der Waals surface area contributed by atoms with Crippen molar-refractivity contribution in [1.29, 1.82) is 0 Å². The molecule has 0 saturated heterocycles. The van der Waals surface area contributed by atoms with Crippen molar-refractivity contribution in [2.75, 3.05) is 0 Å². The normalized spacial score (nSPS) is 53.8. The van der Waals surface area contributed by atoms with Crippen molar-refractivity contribution in [2.45, 2.75) is 30.2 Å². The van der Waals surface area contributed by atoms with Gasteiger partial charge < -0.3 is 0 Å². The number of hydrogen-bond acceptors (Lipinski definition) is 0. The van der Waals surface area contributed by atoms with Gasteiger partial charge in [-0.1, -0.05) is 69.6 Å². The molecule has 3 aliphatic rings. The van der Waals surface area contributed by atoms with Gasteiger partial charge in [0.25, 0.3) is 0 Å². The monoisotopic (exact) mass is 440 g/mol. The number of hydrogen-bond donors (Lipinski definition) is 0. The van der Waals surface area contributed by atoms with Gasteiger partial charge >= 0.3 is 0 Å². The first kappa shape index (κ1) is 16.2. The third kappa shape index (κ3) is 1.51. The summed E-state index contributed by atoms with van der Waals surface area (Å²) in [5, 5.41) is -0.421. The topological polar surface area (TPSA) is 0 Å². The summed E-state index contributed by atoms with van der Waals surface area (Å²) in [6.07, 6.45) is 0.286. The van der Waals surface area contributed by atoms with E-state index in [2.05, 4.69) is 0 Å². The van der Waals surface area contributed by atoms with Gasteiger partial charge in [0, 0.05) is 5.92 Å². The zero-order chi connectivity index (χ0) is 14.6. The number of fused-ring (bicyclic) bond motifs is 5. The average Bonchev–Trinajstić information content (AvgIpc) is 2.65. The second kappa shape index (κ2) is 4.25. The van der Waals surface area contributed by atoms with E-state index < -0.39 is 29.7 Å². The molecule has 108 valence electrons. The summed E-state index contributed by atoms with van der Waals surface area (Å²) < 4.78 is -2.76. The van der Waals surface area contributed by atoms with Crippen molar-refractivity contribution in [2.24, 2.45) is 11.8 Å². The van der Waals surface area contributed by atoms with E-state index in [1.54, 1.807) is 0 Å². The third-order valence-electron chi connectivity index (χ3n) is 4.36. The first-order chi connectivity index (χ1) is 8.44. The van der Waals surface area contributed by atoms with Gasteiger partial charge in [-0.25, -0.2) is 0 Å². The van der Waals surface area contributed by atoms with Crippen LogP contribution in [0.3, 0.4) is 0 Å². The van der Waals surface area contributed by atoms with E-state index in [-0.39, 0.29) is 22.4 Å². The molecule has 0 unspecified atom stereocenters. The van der Waals surface area contributed by atoms with Crippen LogP contribution >= 0.6 is 104 Å². The summed E-state index contributed by atoms with van der Waals surface area (Å²) in [5.74, 6) is -0.817. The van der Waals surface area contributed by atoms with E-state index in [0.29, 0.717) is 0 Å². The molecule has 0 amide bonds. The van der Waals surface area contributed by atoms with Gasteiger partial charge in [-0.3, -0.25) is 0 Å². The van der Waals surface area contributed by atoms with Gasteiger partial charge in [-0.2, -0.15) is 0 Å². The van der Waals surface area contributed by atoms with Crippen LogP contribution in [0.5, 0.6) is 0 Å². The molecule has 0 aromatic heterocycles. The van der Waals surface area contributed by atoms with E-state index >= 15 is 0 Å². The minimum absolute atomic E-state index is 0.119. The fourth-order valence-corrected chi connectivity index (χ4v) is 7.67. The second-order valence-electron chi connectivity index (χ2n) is 5.13. The Bertz CT molecular complexity index is 497. The van der Waals surface area contributed by atoms with Crippen LogP contribution in [0.25, 0.3) is 0 Å². The lowest BCUT2D eigenvalue weighted by Gasteiger charge is -2.36. The van der Waals surface area contributed by atoms with Crippen LogP contribution in [0, 0.1) is 11.8 Å². The standard InChI is InChI=1S/C10H5Cl9/c11-4-3-2(1-7(4,14)15)8(16)5(12)6(13)9(3,17)10(8,18)19/h2-4H,1H2/t2-,3-,4+,8-,9+/m1/s1. The molecular formula is C10H5Cl9. The van der Waals surface area contributed by atoms with Gasteiger partial charge in [0.15, 0.2) is 4.33 Å². The molecule has 0 heterocycles. The summed E-state index contributed by atoms with van der Waals surface area (Å²) in [7, 11) is 0. The largest absolute Gasteiger partial charge is 0.166 e. The van der Waals surface area contributed by atoms with Gasteiger partial charge in [-0.05, 0) is 12.3 Å². The summed E-state index contributed by atoms with van der Waals surface area (Å²) in [5.41, 5.74) is 0. The molecule has 19 heavy (non-hydrogen) atoms. The van der Waals surface area contributed by atoms with Gasteiger partial charge in [0.1, 0.15) is 14.1 Å². The maximum Gasteiger partial charge on any atom is 0.166 e. The van der Waals surface area contributed by atoms with Crippen molar-refractivity contribution >= 4 is 104 Å². The third-order valence-corrected chi connectivity index (χ3v) is 10.3. The lowest BCUT2D eigenvalue weighted by atomic mass is 9.84. The number of halogens is 9. The number of rotatable bonds is 0. The molecule has 0 radical (unpaired) electrons. The van der Waals surface area contributed by atoms with Crippen LogP contribution < -0.4 is 0 Å². The van der Waals surface area contributed by atoms with E-state index in [0.717, 1.165) is 0 Å². The van der Waals surface area contributed by atoms with E-state index in [1.807, 2.05) is 0 Å². The highest BCUT2D eigenvalue weighted by Crippen LogP contribution is 2.80. The molecule has 2 fully saturated rings. The molecule has 0 aromatic carbocycles. The van der Waals surface area contributed by atoms with Crippen LogP contribution in [-0.2, 0) is 0 Å². The molecule has 2 bridgehead atoms. The minimum atomic E-state index is -1.58. The summed E-state index contributed by atoms with van der Waals surface area (Å²) in [4.78, 5) is -2.72. The van der Waals surface area contributed by atoms with E-state index in [1.165, 1.54) is 0 Å². The summed E-state index contributed by atoms with van der Waals surface area (Å²) in [6.45, 7) is 0. The van der Waals surface area contributed by atoms with Gasteiger partial charge in [-0.15, -0.1) is 34.8 Å². The lowest BCUT2D eigenvalue weighted by Crippen LogP contribution is -2.48. The molecule has 3 rings (SSSR count). The van der Waals surface area contributed by atoms with Gasteiger partial charge in [0.2, 0.25) is 0 Å². The van der Waals surface area contributed by atoms with Crippen LogP contribution in [0.4, 0.5) is 0 Å². The first-order valence-corrected chi connectivity index (χ1v) is 8.73. The Morgan fingerprint density at radius 3 is 1.84 bits per heavy atom. The van der Waals surface area contributed by atoms with Crippen molar-refractivity contribution in [3.8, 4) is 0 Å². The van der Waals surface area contributed by atoms with Crippen LogP contribution in [0.1, 0.15) is 6.42 Å². The van der Waals surface area contributed by atoms with E-state index in [4.69, 9.17) is 104 Å². The minimum Gasteiger partial charge on any atom is -0.119 e. The van der Waals surface area contributed by atoms with E-state index in [9.17, 15) is 0 Å². The quantitative estimate of drug-likeness (QED) is 0.388. The zero-order valence-electron chi connectivity index (χ0n) is 8.84. The smallest absolute Gasteiger partial charge is 0.119 e. The molecule has 5 atom stereocenters. The van der Waals surface area contributed by atoms with Crippen LogP contribution in [0.2, 0.25) is 0 Å².